The fourth-order valence-corrected chi connectivity index (χ4v) is 2.05. The van der Waals surface area contributed by atoms with Gasteiger partial charge in [0.05, 0.1) is 12.3 Å². The minimum atomic E-state index is -0.528. The van der Waals surface area contributed by atoms with Gasteiger partial charge in [0.15, 0.2) is 0 Å². The van der Waals surface area contributed by atoms with Gasteiger partial charge < -0.3 is 9.15 Å². The number of hydrogen-bond acceptors (Lipinski definition) is 4. The van der Waals surface area contributed by atoms with E-state index in [1.54, 1.807) is 19.9 Å². The van der Waals surface area contributed by atoms with Gasteiger partial charge in [-0.25, -0.2) is 14.2 Å². The number of ether oxygens (including phenoxy) is 1. The molecule has 0 fully saturated rings. The lowest BCUT2D eigenvalue weighted by Crippen LogP contribution is -2.07. The molecule has 2 rings (SSSR count). The number of carbonyl (C=O) groups is 1. The van der Waals surface area contributed by atoms with E-state index in [0.29, 0.717) is 22.7 Å². The molecule has 1 aromatic heterocycles. The summed E-state index contributed by atoms with van der Waals surface area (Å²) >= 11 is 0. The zero-order valence-corrected chi connectivity index (χ0v) is 12.6. The third kappa shape index (κ3) is 3.12. The van der Waals surface area contributed by atoms with Crippen LogP contribution >= 0.6 is 0 Å². The van der Waals surface area contributed by atoms with E-state index in [-0.39, 0.29) is 24.1 Å². The van der Waals surface area contributed by atoms with Gasteiger partial charge in [0, 0.05) is 5.56 Å². The van der Waals surface area contributed by atoms with Gasteiger partial charge in [0.1, 0.15) is 5.82 Å². The molecule has 0 aliphatic heterocycles. The van der Waals surface area contributed by atoms with Crippen LogP contribution < -0.4 is 0 Å². The van der Waals surface area contributed by atoms with Crippen LogP contribution in [0.4, 0.5) is 4.39 Å². The van der Waals surface area contributed by atoms with Gasteiger partial charge >= 0.3 is 5.97 Å². The highest BCUT2D eigenvalue weighted by molar-refractivity contribution is 5.88. The molecular weight excluding hydrogens is 273 g/mol. The van der Waals surface area contributed by atoms with Crippen molar-refractivity contribution in [3.63, 3.8) is 0 Å². The Morgan fingerprint density at radius 1 is 1.43 bits per heavy atom. The summed E-state index contributed by atoms with van der Waals surface area (Å²) in [6, 6.07) is 4.33. The number of carbonyl (C=O) groups excluding carboxylic acids is 1. The normalized spacial score (nSPS) is 11.0. The summed E-state index contributed by atoms with van der Waals surface area (Å²) in [6.45, 7) is 7.60. The number of hydrogen-bond donors (Lipinski definition) is 0. The van der Waals surface area contributed by atoms with E-state index in [1.807, 2.05) is 13.8 Å². The van der Waals surface area contributed by atoms with Crippen LogP contribution in [0.25, 0.3) is 11.5 Å². The Morgan fingerprint density at radius 3 is 2.71 bits per heavy atom. The molecule has 0 saturated heterocycles. The second kappa shape index (κ2) is 6.08. The minimum Gasteiger partial charge on any atom is -0.460 e. The maximum Gasteiger partial charge on any atom is 0.376 e. The van der Waals surface area contributed by atoms with Crippen molar-refractivity contribution in [3.05, 3.63) is 41.0 Å². The number of rotatable bonds is 4. The minimum absolute atomic E-state index is 0.0164. The molecule has 0 aliphatic rings. The average Bonchev–Trinajstić information content (AvgIpc) is 2.84. The Hall–Kier alpha value is -2.17. The van der Waals surface area contributed by atoms with Crippen LogP contribution in [-0.2, 0) is 4.74 Å². The van der Waals surface area contributed by atoms with E-state index in [4.69, 9.17) is 9.15 Å². The molecule has 0 saturated carbocycles. The van der Waals surface area contributed by atoms with Crippen LogP contribution in [0.3, 0.4) is 0 Å². The zero-order chi connectivity index (χ0) is 15.6. The van der Waals surface area contributed by atoms with Crippen LogP contribution in [0.5, 0.6) is 0 Å². The number of benzene rings is 1. The molecule has 21 heavy (non-hydrogen) atoms. The maximum atomic E-state index is 13.2. The second-order valence-electron chi connectivity index (χ2n) is 5.07. The van der Waals surface area contributed by atoms with Gasteiger partial charge in [-0.05, 0) is 43.5 Å². The first-order valence-corrected chi connectivity index (χ1v) is 6.88. The molecule has 1 heterocycles. The first kappa shape index (κ1) is 15.2. The standard InChI is InChI=1S/C16H18FNO3/c1-5-20-16(19)14-13(9(2)3)18-15(21-14)12-7-6-11(17)8-10(12)4/h6-9H,5H2,1-4H3. The molecular formula is C16H18FNO3. The summed E-state index contributed by atoms with van der Waals surface area (Å²) in [5.41, 5.74) is 1.91. The van der Waals surface area contributed by atoms with E-state index in [0.717, 1.165) is 0 Å². The van der Waals surface area contributed by atoms with Crippen molar-refractivity contribution in [2.45, 2.75) is 33.6 Å². The smallest absolute Gasteiger partial charge is 0.376 e. The predicted octanol–water partition coefficient (Wildman–Crippen LogP) is 4.09. The fraction of sp³-hybridized carbons (Fsp3) is 0.375. The summed E-state index contributed by atoms with van der Waals surface area (Å²) < 4.78 is 23.8. The molecule has 2 aromatic rings. The zero-order valence-electron chi connectivity index (χ0n) is 12.6. The highest BCUT2D eigenvalue weighted by Crippen LogP contribution is 2.29. The SMILES string of the molecule is CCOC(=O)c1oc(-c2ccc(F)cc2C)nc1C(C)C. The van der Waals surface area contributed by atoms with Crippen molar-refractivity contribution >= 4 is 5.97 Å². The molecule has 0 radical (unpaired) electrons. The summed E-state index contributed by atoms with van der Waals surface area (Å²) in [4.78, 5) is 16.3. The highest BCUT2D eigenvalue weighted by Gasteiger charge is 2.24. The Kier molecular flexibility index (Phi) is 4.40. The molecule has 0 atom stereocenters. The van der Waals surface area contributed by atoms with E-state index < -0.39 is 5.97 Å². The maximum absolute atomic E-state index is 13.2. The second-order valence-corrected chi connectivity index (χ2v) is 5.07. The Balaban J connectivity index is 2.51. The highest BCUT2D eigenvalue weighted by atomic mass is 19.1. The first-order chi connectivity index (χ1) is 9.93. The molecule has 0 N–H and O–H groups in total. The van der Waals surface area contributed by atoms with Crippen LogP contribution in [0, 0.1) is 12.7 Å². The lowest BCUT2D eigenvalue weighted by atomic mass is 10.1. The van der Waals surface area contributed by atoms with Crippen LogP contribution in [0.2, 0.25) is 0 Å². The molecule has 0 amide bonds. The number of halogens is 1. The lowest BCUT2D eigenvalue weighted by Gasteiger charge is -2.02. The summed E-state index contributed by atoms with van der Waals surface area (Å²) in [6.07, 6.45) is 0. The van der Waals surface area contributed by atoms with Gasteiger partial charge in [-0.15, -0.1) is 0 Å². The van der Waals surface area contributed by atoms with Crippen molar-refractivity contribution in [1.82, 2.24) is 4.98 Å². The van der Waals surface area contributed by atoms with E-state index >= 15 is 0 Å². The van der Waals surface area contributed by atoms with Crippen molar-refractivity contribution in [3.8, 4) is 11.5 Å². The molecule has 0 bridgehead atoms. The van der Waals surface area contributed by atoms with Crippen LogP contribution in [0.1, 0.15) is 48.5 Å². The Bertz CT molecular complexity index is 662. The van der Waals surface area contributed by atoms with Gasteiger partial charge in [-0.1, -0.05) is 13.8 Å². The third-order valence-electron chi connectivity index (χ3n) is 3.08. The number of aromatic nitrogens is 1. The van der Waals surface area contributed by atoms with E-state index in [1.165, 1.54) is 12.1 Å². The molecule has 1 aromatic carbocycles. The van der Waals surface area contributed by atoms with Gasteiger partial charge in [0.25, 0.3) is 0 Å². The van der Waals surface area contributed by atoms with Crippen molar-refractivity contribution < 1.29 is 18.3 Å². The van der Waals surface area contributed by atoms with Crippen molar-refractivity contribution in [1.29, 1.82) is 0 Å². The topological polar surface area (TPSA) is 52.3 Å². The van der Waals surface area contributed by atoms with E-state index in [2.05, 4.69) is 4.98 Å². The fourth-order valence-electron chi connectivity index (χ4n) is 2.05. The molecule has 5 heteroatoms. The molecule has 0 aliphatic carbocycles. The number of nitrogens with zero attached hydrogens (tertiary/aromatic N) is 1. The average molecular weight is 291 g/mol. The quantitative estimate of drug-likeness (QED) is 0.796. The van der Waals surface area contributed by atoms with Crippen LogP contribution in [0.15, 0.2) is 22.6 Å². The van der Waals surface area contributed by atoms with Gasteiger partial charge in [-0.3, -0.25) is 0 Å². The number of aryl methyl sites for hydroxylation is 1. The monoisotopic (exact) mass is 291 g/mol. The molecule has 0 spiro atoms. The van der Waals surface area contributed by atoms with E-state index in [9.17, 15) is 9.18 Å². The first-order valence-electron chi connectivity index (χ1n) is 6.88. The molecule has 112 valence electrons. The van der Waals surface area contributed by atoms with Gasteiger partial charge in [-0.2, -0.15) is 0 Å². The largest absolute Gasteiger partial charge is 0.460 e. The number of esters is 1. The summed E-state index contributed by atoms with van der Waals surface area (Å²) in [7, 11) is 0. The summed E-state index contributed by atoms with van der Waals surface area (Å²) in [5.74, 6) is -0.412. The lowest BCUT2D eigenvalue weighted by molar-refractivity contribution is 0.0488. The summed E-state index contributed by atoms with van der Waals surface area (Å²) in [5, 5.41) is 0. The Morgan fingerprint density at radius 2 is 2.14 bits per heavy atom. The number of oxazole rings is 1. The van der Waals surface area contributed by atoms with Crippen LogP contribution in [-0.4, -0.2) is 17.6 Å². The molecule has 0 unspecified atom stereocenters. The Labute approximate surface area is 122 Å². The van der Waals surface area contributed by atoms with Crippen molar-refractivity contribution in [2.75, 3.05) is 6.61 Å². The molecule has 4 nitrogen and oxygen atoms in total. The predicted molar refractivity (Wildman–Crippen MR) is 76.7 cm³/mol. The van der Waals surface area contributed by atoms with Crippen molar-refractivity contribution in [2.24, 2.45) is 0 Å². The third-order valence-corrected chi connectivity index (χ3v) is 3.08. The van der Waals surface area contributed by atoms with Gasteiger partial charge in [0.2, 0.25) is 11.7 Å².